The molecule has 0 aromatic heterocycles. The number of benzene rings is 1. The highest BCUT2D eigenvalue weighted by atomic mass is 32.2. The predicted molar refractivity (Wildman–Crippen MR) is 80.1 cm³/mol. The fraction of sp³-hybridized carbons (Fsp3) is 0.417. The molecule has 0 aliphatic carbocycles. The smallest absolute Gasteiger partial charge is 0.153 e. The van der Waals surface area contributed by atoms with Gasteiger partial charge in [-0.2, -0.15) is 0 Å². The molecule has 2 aliphatic heterocycles. The highest BCUT2D eigenvalue weighted by Gasteiger charge is 2.48. The second kappa shape index (κ2) is 4.21. The topological polar surface area (TPSA) is 37.4 Å². The summed E-state index contributed by atoms with van der Waals surface area (Å²) >= 11 is 6.93. The van der Waals surface area contributed by atoms with Gasteiger partial charge in [0.15, 0.2) is 9.84 Å². The van der Waals surface area contributed by atoms with Gasteiger partial charge in [0, 0.05) is 10.9 Å². The lowest BCUT2D eigenvalue weighted by Gasteiger charge is -2.25. The van der Waals surface area contributed by atoms with Gasteiger partial charge in [-0.3, -0.25) is 0 Å². The van der Waals surface area contributed by atoms with Crippen molar-refractivity contribution in [1.29, 1.82) is 0 Å². The van der Waals surface area contributed by atoms with E-state index in [1.807, 2.05) is 36.1 Å². The van der Waals surface area contributed by atoms with Crippen molar-refractivity contribution in [2.24, 2.45) is 0 Å². The van der Waals surface area contributed by atoms with Crippen molar-refractivity contribution < 1.29 is 8.42 Å². The number of fused-ring (bicyclic) bond motifs is 1. The number of aryl methyl sites for hydroxylation is 1. The lowest BCUT2D eigenvalue weighted by atomic mass is 10.1. The Morgan fingerprint density at radius 3 is 2.78 bits per heavy atom. The maximum atomic E-state index is 11.7. The van der Waals surface area contributed by atoms with Gasteiger partial charge >= 0.3 is 0 Å². The van der Waals surface area contributed by atoms with Crippen molar-refractivity contribution in [3.8, 4) is 0 Å². The first-order valence-corrected chi connectivity index (χ1v) is 8.85. The summed E-state index contributed by atoms with van der Waals surface area (Å²) < 4.78 is 24.3. The van der Waals surface area contributed by atoms with Gasteiger partial charge in [0.05, 0.1) is 17.5 Å². The number of para-hydroxylation sites is 1. The summed E-state index contributed by atoms with van der Waals surface area (Å²) in [6, 6.07) is 7.99. The van der Waals surface area contributed by atoms with E-state index >= 15 is 0 Å². The van der Waals surface area contributed by atoms with Crippen LogP contribution in [-0.2, 0) is 9.84 Å². The fourth-order valence-corrected chi connectivity index (χ4v) is 6.94. The van der Waals surface area contributed by atoms with Gasteiger partial charge in [0.1, 0.15) is 4.32 Å². The van der Waals surface area contributed by atoms with E-state index in [0.717, 1.165) is 15.6 Å². The molecule has 0 saturated carbocycles. The van der Waals surface area contributed by atoms with E-state index < -0.39 is 9.84 Å². The van der Waals surface area contributed by atoms with Crippen molar-refractivity contribution >= 4 is 43.8 Å². The minimum absolute atomic E-state index is 0.00796. The second-order valence-electron chi connectivity index (χ2n) is 4.72. The van der Waals surface area contributed by atoms with Crippen LogP contribution in [0.3, 0.4) is 0 Å². The first-order chi connectivity index (χ1) is 8.48. The Morgan fingerprint density at radius 1 is 1.33 bits per heavy atom. The van der Waals surface area contributed by atoms with Gasteiger partial charge in [0.25, 0.3) is 0 Å². The molecule has 2 fully saturated rings. The van der Waals surface area contributed by atoms with Gasteiger partial charge in [-0.1, -0.05) is 42.2 Å². The summed E-state index contributed by atoms with van der Waals surface area (Å²) in [7, 11) is -2.90. The number of sulfone groups is 1. The van der Waals surface area contributed by atoms with Crippen molar-refractivity contribution in [2.75, 3.05) is 16.4 Å². The molecule has 96 valence electrons. The zero-order chi connectivity index (χ0) is 12.9. The maximum absolute atomic E-state index is 11.7. The second-order valence-corrected chi connectivity index (χ2v) is 8.75. The number of thiocarbonyl (C=S) groups is 1. The van der Waals surface area contributed by atoms with Crippen LogP contribution in [0.5, 0.6) is 0 Å². The Labute approximate surface area is 116 Å². The summed E-state index contributed by atoms with van der Waals surface area (Å²) in [6.07, 6.45) is 0. The van der Waals surface area contributed by atoms with E-state index in [-0.39, 0.29) is 22.8 Å². The molecule has 0 bridgehead atoms. The molecular weight excluding hydrogens is 286 g/mol. The maximum Gasteiger partial charge on any atom is 0.153 e. The van der Waals surface area contributed by atoms with E-state index in [1.165, 1.54) is 11.8 Å². The molecule has 0 spiro atoms. The third-order valence-corrected chi connectivity index (χ3v) is 7.02. The van der Waals surface area contributed by atoms with Crippen LogP contribution in [0.25, 0.3) is 0 Å². The molecule has 0 amide bonds. The van der Waals surface area contributed by atoms with E-state index in [9.17, 15) is 8.42 Å². The van der Waals surface area contributed by atoms with Crippen LogP contribution in [0.2, 0.25) is 0 Å². The molecule has 2 saturated heterocycles. The Kier molecular flexibility index (Phi) is 2.91. The van der Waals surface area contributed by atoms with E-state index in [2.05, 4.69) is 0 Å². The molecule has 2 heterocycles. The van der Waals surface area contributed by atoms with E-state index in [4.69, 9.17) is 12.2 Å². The van der Waals surface area contributed by atoms with E-state index in [0.29, 0.717) is 0 Å². The minimum atomic E-state index is -2.90. The van der Waals surface area contributed by atoms with Gasteiger partial charge in [0.2, 0.25) is 0 Å². The molecule has 0 radical (unpaired) electrons. The van der Waals surface area contributed by atoms with Crippen molar-refractivity contribution in [2.45, 2.75) is 18.2 Å². The van der Waals surface area contributed by atoms with Crippen LogP contribution >= 0.6 is 24.0 Å². The molecule has 3 rings (SSSR count). The molecule has 1 aromatic rings. The summed E-state index contributed by atoms with van der Waals surface area (Å²) in [5.74, 6) is 0.476. The molecular formula is C12H13NO2S3. The molecule has 0 unspecified atom stereocenters. The lowest BCUT2D eigenvalue weighted by Crippen LogP contribution is -2.37. The summed E-state index contributed by atoms with van der Waals surface area (Å²) in [5, 5.41) is 0.0992. The van der Waals surface area contributed by atoms with Crippen LogP contribution < -0.4 is 4.90 Å². The SMILES string of the molecule is Cc1ccccc1N1C(=S)S[C@H]2CS(=O)(=O)C[C@@H]21. The number of nitrogens with zero attached hydrogens (tertiary/aromatic N) is 1. The minimum Gasteiger partial charge on any atom is -0.322 e. The van der Waals surface area contributed by atoms with Crippen molar-refractivity contribution in [3.05, 3.63) is 29.8 Å². The molecule has 2 atom stereocenters. The van der Waals surface area contributed by atoms with Crippen molar-refractivity contribution in [3.63, 3.8) is 0 Å². The Hall–Kier alpha value is -0.590. The summed E-state index contributed by atoms with van der Waals surface area (Å²) in [4.78, 5) is 2.03. The van der Waals surface area contributed by atoms with Gasteiger partial charge in [-0.25, -0.2) is 8.42 Å². The van der Waals surface area contributed by atoms with E-state index in [1.54, 1.807) is 0 Å². The molecule has 3 nitrogen and oxygen atoms in total. The zero-order valence-corrected chi connectivity index (χ0v) is 12.3. The Balaban J connectivity index is 2.02. The highest BCUT2D eigenvalue weighted by molar-refractivity contribution is 8.24. The summed E-state index contributed by atoms with van der Waals surface area (Å²) in [6.45, 7) is 2.03. The van der Waals surface area contributed by atoms with Gasteiger partial charge in [-0.15, -0.1) is 0 Å². The van der Waals surface area contributed by atoms with Crippen LogP contribution in [0, 0.1) is 6.92 Å². The highest BCUT2D eigenvalue weighted by Crippen LogP contribution is 2.41. The Morgan fingerprint density at radius 2 is 2.06 bits per heavy atom. The zero-order valence-electron chi connectivity index (χ0n) is 9.87. The number of hydrogen-bond acceptors (Lipinski definition) is 4. The number of anilines is 1. The van der Waals surface area contributed by atoms with Crippen molar-refractivity contribution in [1.82, 2.24) is 0 Å². The average molecular weight is 299 g/mol. The normalized spacial score (nSPS) is 29.6. The third-order valence-electron chi connectivity index (χ3n) is 3.43. The van der Waals surface area contributed by atoms with Crippen LogP contribution in [0.4, 0.5) is 5.69 Å². The monoisotopic (exact) mass is 299 g/mol. The largest absolute Gasteiger partial charge is 0.322 e. The van der Waals surface area contributed by atoms with Crippen LogP contribution in [0.15, 0.2) is 24.3 Å². The predicted octanol–water partition coefficient (Wildman–Crippen LogP) is 2.00. The number of hydrogen-bond donors (Lipinski definition) is 0. The average Bonchev–Trinajstić information content (AvgIpc) is 2.70. The molecule has 6 heteroatoms. The first-order valence-electron chi connectivity index (χ1n) is 5.74. The quantitative estimate of drug-likeness (QED) is 0.742. The first kappa shape index (κ1) is 12.4. The fourth-order valence-electron chi connectivity index (χ4n) is 2.58. The Bertz CT molecular complexity index is 612. The van der Waals surface area contributed by atoms with Crippen LogP contribution in [0.1, 0.15) is 5.56 Å². The van der Waals surface area contributed by atoms with Gasteiger partial charge < -0.3 is 4.90 Å². The molecule has 1 aromatic carbocycles. The molecule has 18 heavy (non-hydrogen) atoms. The van der Waals surface area contributed by atoms with Crippen LogP contribution in [-0.4, -0.2) is 35.5 Å². The lowest BCUT2D eigenvalue weighted by molar-refractivity contribution is 0.601. The third kappa shape index (κ3) is 1.96. The summed E-state index contributed by atoms with van der Waals surface area (Å²) in [5.41, 5.74) is 2.17. The standard InChI is InChI=1S/C12H13NO2S3/c1-8-4-2-3-5-9(8)13-10-6-18(14,15)7-11(10)17-12(13)16/h2-5,10-11H,6-7H2,1H3/t10-,11-/m0/s1. The van der Waals surface area contributed by atoms with Gasteiger partial charge in [-0.05, 0) is 18.6 Å². The molecule has 0 N–H and O–H groups in total. The number of rotatable bonds is 1. The molecule has 2 aliphatic rings. The number of thioether (sulfide) groups is 1.